The van der Waals surface area contributed by atoms with E-state index in [0.717, 1.165) is 0 Å². The second kappa shape index (κ2) is 9.21. The van der Waals surface area contributed by atoms with E-state index < -0.39 is 0 Å². The Morgan fingerprint density at radius 1 is 1.20 bits per heavy atom. The summed E-state index contributed by atoms with van der Waals surface area (Å²) >= 11 is 0. The zero-order chi connectivity index (χ0) is 7.11. The molecule has 0 aromatic carbocycles. The molecule has 0 aromatic rings. The van der Waals surface area contributed by atoms with E-state index >= 15 is 0 Å². The first-order valence-electron chi connectivity index (χ1n) is 3.81. The van der Waals surface area contributed by atoms with Crippen molar-refractivity contribution in [3.05, 3.63) is 0 Å². The van der Waals surface area contributed by atoms with Crippen LogP contribution in [-0.4, -0.2) is 6.04 Å². The summed E-state index contributed by atoms with van der Waals surface area (Å²) in [7, 11) is 0. The van der Waals surface area contributed by atoms with Gasteiger partial charge in [-0.2, -0.15) is 0 Å². The van der Waals surface area contributed by atoms with Gasteiger partial charge in [0.1, 0.15) is 0 Å². The van der Waals surface area contributed by atoms with E-state index in [0.29, 0.717) is 6.04 Å². The van der Waals surface area contributed by atoms with Crippen molar-refractivity contribution in [3.8, 4) is 0 Å². The number of hydrogen-bond acceptors (Lipinski definition) is 2. The second-order valence-corrected chi connectivity index (χ2v) is 2.44. The van der Waals surface area contributed by atoms with Crippen LogP contribution < -0.4 is 11.3 Å². The molecule has 0 saturated heterocycles. The van der Waals surface area contributed by atoms with Crippen molar-refractivity contribution in [2.75, 3.05) is 0 Å². The summed E-state index contributed by atoms with van der Waals surface area (Å²) in [5.41, 5.74) is 2.80. The van der Waals surface area contributed by atoms with Crippen LogP contribution in [0, 0.1) is 0 Å². The maximum Gasteiger partial charge on any atom is 0.0210 e. The fraction of sp³-hybridized carbons (Fsp3) is 1.00. The zero-order valence-corrected chi connectivity index (χ0v) is 7.71. The van der Waals surface area contributed by atoms with E-state index in [1.54, 1.807) is 0 Å². The van der Waals surface area contributed by atoms with Gasteiger partial charge in [0, 0.05) is 6.04 Å². The minimum Gasteiger partial charge on any atom is -0.271 e. The molecule has 0 bridgehead atoms. The van der Waals surface area contributed by atoms with Gasteiger partial charge in [-0.3, -0.25) is 11.3 Å². The van der Waals surface area contributed by atoms with Crippen LogP contribution in [-0.2, 0) is 0 Å². The molecule has 0 spiro atoms. The molecule has 3 N–H and O–H groups in total. The molecule has 0 amide bonds. The standard InChI is InChI=1S/C7H18N2.ClH/c1-3-5-7(9-8)6-4-2;/h7,9H,3-6,8H2,1-2H3;1H. The van der Waals surface area contributed by atoms with Crippen molar-refractivity contribution in [1.82, 2.24) is 5.43 Å². The first-order valence-corrected chi connectivity index (χ1v) is 3.81. The van der Waals surface area contributed by atoms with Crippen LogP contribution in [0.4, 0.5) is 0 Å². The average molecular weight is 167 g/mol. The van der Waals surface area contributed by atoms with Gasteiger partial charge in [-0.25, -0.2) is 0 Å². The summed E-state index contributed by atoms with van der Waals surface area (Å²) in [5, 5.41) is 0. The second-order valence-electron chi connectivity index (χ2n) is 2.44. The van der Waals surface area contributed by atoms with Crippen LogP contribution in [0.3, 0.4) is 0 Å². The molecule has 0 atom stereocenters. The molecular formula is C7H19ClN2. The third-order valence-electron chi connectivity index (χ3n) is 1.51. The molecule has 10 heavy (non-hydrogen) atoms. The van der Waals surface area contributed by atoms with Crippen LogP contribution in [0.2, 0.25) is 0 Å². The van der Waals surface area contributed by atoms with E-state index in [9.17, 15) is 0 Å². The summed E-state index contributed by atoms with van der Waals surface area (Å²) in [6.45, 7) is 4.36. The highest BCUT2D eigenvalue weighted by Gasteiger charge is 2.00. The average Bonchev–Trinajstić information content (AvgIpc) is 1.88. The highest BCUT2D eigenvalue weighted by atomic mass is 35.5. The number of halogens is 1. The molecule has 0 fully saturated rings. The quantitative estimate of drug-likeness (QED) is 0.483. The first-order chi connectivity index (χ1) is 4.35. The van der Waals surface area contributed by atoms with Crippen LogP contribution >= 0.6 is 12.4 Å². The lowest BCUT2D eigenvalue weighted by atomic mass is 10.1. The molecule has 64 valence electrons. The molecule has 0 aliphatic heterocycles. The molecule has 2 nitrogen and oxygen atoms in total. The van der Waals surface area contributed by atoms with Crippen molar-refractivity contribution >= 4 is 12.4 Å². The van der Waals surface area contributed by atoms with Crippen LogP contribution in [0.25, 0.3) is 0 Å². The van der Waals surface area contributed by atoms with Gasteiger partial charge >= 0.3 is 0 Å². The molecule has 3 heteroatoms. The molecule has 0 rings (SSSR count). The molecule has 0 aliphatic rings. The monoisotopic (exact) mass is 166 g/mol. The van der Waals surface area contributed by atoms with Crippen molar-refractivity contribution in [2.45, 2.75) is 45.6 Å². The highest BCUT2D eigenvalue weighted by Crippen LogP contribution is 2.01. The van der Waals surface area contributed by atoms with Gasteiger partial charge in [-0.15, -0.1) is 12.4 Å². The van der Waals surface area contributed by atoms with E-state index in [1.165, 1.54) is 25.7 Å². The Labute approximate surface area is 69.9 Å². The molecule has 0 aromatic heterocycles. The number of nitrogens with two attached hydrogens (primary N) is 1. The van der Waals surface area contributed by atoms with Gasteiger partial charge in [0.2, 0.25) is 0 Å². The Balaban J connectivity index is 0. The maximum atomic E-state index is 5.29. The van der Waals surface area contributed by atoms with Crippen molar-refractivity contribution in [2.24, 2.45) is 5.84 Å². The summed E-state index contributed by atoms with van der Waals surface area (Å²) in [6, 6.07) is 0.542. The smallest absolute Gasteiger partial charge is 0.0210 e. The van der Waals surface area contributed by atoms with Gasteiger partial charge in [0.15, 0.2) is 0 Å². The number of hydrazine groups is 1. The van der Waals surface area contributed by atoms with Crippen LogP contribution in [0.5, 0.6) is 0 Å². The van der Waals surface area contributed by atoms with Gasteiger partial charge < -0.3 is 0 Å². The predicted molar refractivity (Wildman–Crippen MR) is 48.2 cm³/mol. The van der Waals surface area contributed by atoms with E-state index in [2.05, 4.69) is 19.3 Å². The minimum absolute atomic E-state index is 0. The Bertz CT molecular complexity index is 53.6. The first kappa shape index (κ1) is 12.8. The molecule has 0 heterocycles. The minimum atomic E-state index is 0. The molecule has 0 radical (unpaired) electrons. The Morgan fingerprint density at radius 2 is 1.60 bits per heavy atom. The largest absolute Gasteiger partial charge is 0.271 e. The third-order valence-corrected chi connectivity index (χ3v) is 1.51. The molecular weight excluding hydrogens is 148 g/mol. The van der Waals surface area contributed by atoms with Gasteiger partial charge in [0.05, 0.1) is 0 Å². The van der Waals surface area contributed by atoms with E-state index in [4.69, 9.17) is 5.84 Å². The van der Waals surface area contributed by atoms with E-state index in [1.807, 2.05) is 0 Å². The summed E-state index contributed by atoms with van der Waals surface area (Å²) < 4.78 is 0. The fourth-order valence-corrected chi connectivity index (χ4v) is 1.01. The maximum absolute atomic E-state index is 5.29. The topological polar surface area (TPSA) is 38.0 Å². The third kappa shape index (κ3) is 6.33. The van der Waals surface area contributed by atoms with Gasteiger partial charge in [0.25, 0.3) is 0 Å². The van der Waals surface area contributed by atoms with Crippen molar-refractivity contribution in [1.29, 1.82) is 0 Å². The van der Waals surface area contributed by atoms with Crippen LogP contribution in [0.15, 0.2) is 0 Å². The fourth-order valence-electron chi connectivity index (χ4n) is 1.01. The Kier molecular flexibility index (Phi) is 11.8. The lowest BCUT2D eigenvalue weighted by Crippen LogP contribution is -2.34. The lowest BCUT2D eigenvalue weighted by molar-refractivity contribution is 0.455. The van der Waals surface area contributed by atoms with E-state index in [-0.39, 0.29) is 12.4 Å². The van der Waals surface area contributed by atoms with Crippen molar-refractivity contribution < 1.29 is 0 Å². The molecule has 0 aliphatic carbocycles. The molecule has 0 saturated carbocycles. The Hall–Kier alpha value is 0.210. The Morgan fingerprint density at radius 3 is 1.80 bits per heavy atom. The predicted octanol–water partition coefficient (Wildman–Crippen LogP) is 1.84. The summed E-state index contributed by atoms with van der Waals surface area (Å²) in [5.74, 6) is 5.29. The summed E-state index contributed by atoms with van der Waals surface area (Å²) in [6.07, 6.45) is 4.83. The number of rotatable bonds is 5. The zero-order valence-electron chi connectivity index (χ0n) is 6.89. The highest BCUT2D eigenvalue weighted by molar-refractivity contribution is 5.85. The normalized spacial score (nSPS) is 9.60. The van der Waals surface area contributed by atoms with Gasteiger partial charge in [-0.05, 0) is 12.8 Å². The number of hydrogen-bond donors (Lipinski definition) is 2. The molecule has 0 unspecified atom stereocenters. The number of nitrogens with one attached hydrogen (secondary N) is 1. The summed E-state index contributed by atoms with van der Waals surface area (Å²) in [4.78, 5) is 0. The SMILES string of the molecule is CCCC(CCC)NN.Cl. The van der Waals surface area contributed by atoms with Crippen LogP contribution in [0.1, 0.15) is 39.5 Å². The van der Waals surface area contributed by atoms with Crippen molar-refractivity contribution in [3.63, 3.8) is 0 Å². The lowest BCUT2D eigenvalue weighted by Gasteiger charge is -2.12. The van der Waals surface area contributed by atoms with Gasteiger partial charge in [-0.1, -0.05) is 26.7 Å².